The molecule has 7 nitrogen and oxygen atoms in total. The van der Waals surface area contributed by atoms with Gasteiger partial charge in [-0.05, 0) is 96.7 Å². The maximum atomic E-state index is 12.2. The Morgan fingerprint density at radius 1 is 0.830 bits per heavy atom. The van der Waals surface area contributed by atoms with Gasteiger partial charge in [0.25, 0.3) is 0 Å². The fourth-order valence-electron chi connectivity index (χ4n) is 2.96. The first-order chi connectivity index (χ1) is 20.1. The summed E-state index contributed by atoms with van der Waals surface area (Å²) < 4.78 is 114. The van der Waals surface area contributed by atoms with Crippen molar-refractivity contribution in [3.63, 3.8) is 0 Å². The number of hydrogen-bond acceptors (Lipinski definition) is 5. The molecular weight excluding hydrogens is 751 g/mol. The van der Waals surface area contributed by atoms with Gasteiger partial charge in [0.1, 0.15) is 22.5 Å². The Morgan fingerprint density at radius 2 is 1.30 bits per heavy atom. The number of rotatable bonds is 7. The molecule has 2 aromatic carbocycles. The molecule has 0 spiro atoms. The van der Waals surface area contributed by atoms with Crippen LogP contribution in [0.5, 0.6) is 11.5 Å². The van der Waals surface area contributed by atoms with Crippen LogP contribution >= 0.6 is 0 Å². The first-order valence-corrected chi connectivity index (χ1v) is 15.8. The maximum absolute atomic E-state index is 12.2. The van der Waals surface area contributed by atoms with Crippen molar-refractivity contribution in [1.29, 1.82) is 0 Å². The zero-order chi connectivity index (χ0) is 33.8. The zero-order valence-electron chi connectivity index (χ0n) is 27.8. The molecule has 17 heteroatoms. The number of benzene rings is 2. The van der Waals surface area contributed by atoms with Crippen LogP contribution in [0.2, 0.25) is 0 Å². The molecule has 0 saturated carbocycles. The van der Waals surface area contributed by atoms with E-state index in [0.29, 0.717) is 11.1 Å². The van der Waals surface area contributed by atoms with Crippen molar-refractivity contribution in [2.75, 3.05) is 13.2 Å². The Hall–Kier alpha value is -1.24. The third-order valence-electron chi connectivity index (χ3n) is 5.17. The van der Waals surface area contributed by atoms with E-state index in [9.17, 15) is 34.8 Å². The van der Waals surface area contributed by atoms with Crippen LogP contribution in [-0.2, 0) is 26.7 Å². The summed E-state index contributed by atoms with van der Waals surface area (Å²) in [6, 6.07) is 10.6. The smallest absolute Gasteiger partial charge is 1.00 e. The van der Waals surface area contributed by atoms with Crippen LogP contribution in [0.4, 0.5) is 26.3 Å². The standard InChI is InChI=1S/C13H18F3NO2S.C12H14F3NO2S.C4H8O.CH3.BrH.Mg/c1-9(17-20(18)12(2,3)4)10-6-5-7-11(8-10)19-13(14,15)16;1-11(2,3)19(17)16-8-9-5-4-6-10(7-9)18-12(13,14)15;1-2-4-5-3-1;;;/h5-9,17H,1-4H3;4-8H,1-3H3;1-4H2;1H3;1H;/q;;;-1;;+2/p-1/t9-,20+;19-;;;;/m01..../s1. The van der Waals surface area contributed by atoms with Crippen molar-refractivity contribution >= 4 is 51.2 Å². The molecule has 47 heavy (non-hydrogen) atoms. The molecule has 1 heterocycles. The largest absolute Gasteiger partial charge is 2.00 e. The molecule has 266 valence electrons. The summed E-state index contributed by atoms with van der Waals surface area (Å²) in [6.45, 7) is 14.4. The van der Waals surface area contributed by atoms with Crippen LogP contribution in [0.1, 0.15) is 78.5 Å². The average Bonchev–Trinajstić information content (AvgIpc) is 3.45. The summed E-state index contributed by atoms with van der Waals surface area (Å²) >= 11 is 0. The van der Waals surface area contributed by atoms with Gasteiger partial charge in [-0.25, -0.2) is 13.1 Å². The molecule has 0 amide bonds. The second-order valence-corrected chi connectivity index (χ2v) is 15.3. The number of halogens is 7. The summed E-state index contributed by atoms with van der Waals surface area (Å²) in [6.07, 6.45) is -5.63. The van der Waals surface area contributed by atoms with E-state index < -0.39 is 44.2 Å². The quantitative estimate of drug-likeness (QED) is 0.184. The SMILES string of the molecule is C1CCOC1.CC(C)(C)[S@@](=O)N=Cc1cccc(OC(F)(F)F)c1.C[C@H](N[S@](=O)C(C)(C)C)c1cccc(OC(F)(F)F)c1.[Br-].[CH3-].[Mg+2]. The molecule has 0 aromatic heterocycles. The number of nitrogens with one attached hydrogen (secondary N) is 1. The van der Waals surface area contributed by atoms with E-state index in [1.807, 2.05) is 20.8 Å². The summed E-state index contributed by atoms with van der Waals surface area (Å²) in [5.74, 6) is -0.622. The fourth-order valence-corrected chi connectivity index (χ4v) is 4.30. The third kappa shape index (κ3) is 23.7. The molecule has 1 N–H and O–H groups in total. The van der Waals surface area contributed by atoms with E-state index in [2.05, 4.69) is 18.6 Å². The molecule has 0 radical (unpaired) electrons. The predicted molar refractivity (Wildman–Crippen MR) is 173 cm³/mol. The molecule has 1 fully saturated rings. The first kappa shape index (κ1) is 50.1. The van der Waals surface area contributed by atoms with Gasteiger partial charge in [0.2, 0.25) is 0 Å². The first-order valence-electron chi connectivity index (χ1n) is 13.5. The number of hydrogen-bond donors (Lipinski definition) is 1. The van der Waals surface area contributed by atoms with Crippen molar-refractivity contribution in [3.8, 4) is 11.5 Å². The maximum Gasteiger partial charge on any atom is 2.00 e. The Labute approximate surface area is 306 Å². The zero-order valence-corrected chi connectivity index (χ0v) is 32.4. The molecule has 0 unspecified atom stereocenters. The van der Waals surface area contributed by atoms with Gasteiger partial charge in [0.05, 0.1) is 20.5 Å². The van der Waals surface area contributed by atoms with Crippen molar-refractivity contribution < 1.29 is 66.0 Å². The summed E-state index contributed by atoms with van der Waals surface area (Å²) in [4.78, 5) is 0. The van der Waals surface area contributed by atoms with E-state index in [4.69, 9.17) is 4.74 Å². The minimum Gasteiger partial charge on any atom is -1.00 e. The van der Waals surface area contributed by atoms with Crippen molar-refractivity contribution in [2.24, 2.45) is 4.40 Å². The van der Waals surface area contributed by atoms with Gasteiger partial charge in [-0.2, -0.15) is 4.40 Å². The van der Waals surface area contributed by atoms with E-state index in [1.165, 1.54) is 55.5 Å². The second kappa shape index (κ2) is 22.5. The van der Waals surface area contributed by atoms with Crippen LogP contribution in [0.25, 0.3) is 0 Å². The molecule has 1 saturated heterocycles. The normalized spacial score (nSPS) is 15.2. The van der Waals surface area contributed by atoms with Gasteiger partial charge < -0.3 is 38.6 Å². The Kier molecular flexibility index (Phi) is 24.0. The monoisotopic (exact) mass is 792 g/mol. The number of nitrogens with zero attached hydrogens (tertiary/aromatic N) is 1. The molecule has 1 aliphatic heterocycles. The van der Waals surface area contributed by atoms with Gasteiger partial charge in [0, 0.05) is 25.5 Å². The molecule has 0 bridgehead atoms. The minimum atomic E-state index is -4.73. The van der Waals surface area contributed by atoms with E-state index in [1.54, 1.807) is 39.8 Å². The van der Waals surface area contributed by atoms with E-state index in [-0.39, 0.29) is 65.0 Å². The van der Waals surface area contributed by atoms with Crippen LogP contribution < -0.4 is 31.2 Å². The summed E-state index contributed by atoms with van der Waals surface area (Å²) in [5.41, 5.74) is 0.962. The van der Waals surface area contributed by atoms with E-state index in [0.717, 1.165) is 13.2 Å². The molecule has 3 rings (SSSR count). The van der Waals surface area contributed by atoms with Gasteiger partial charge in [-0.3, -0.25) is 0 Å². The average molecular weight is 794 g/mol. The minimum absolute atomic E-state index is 0. The van der Waals surface area contributed by atoms with Crippen LogP contribution in [0, 0.1) is 7.43 Å². The molecule has 3 atom stereocenters. The molecule has 2 aromatic rings. The number of alkyl halides is 6. The van der Waals surface area contributed by atoms with Gasteiger partial charge >= 0.3 is 35.8 Å². The van der Waals surface area contributed by atoms with Gasteiger partial charge in [-0.15, -0.1) is 26.3 Å². The molecular formula is C30H43BrF6MgN2O5S2. The van der Waals surface area contributed by atoms with Crippen LogP contribution in [0.3, 0.4) is 0 Å². The Balaban J connectivity index is -0.000000677. The Morgan fingerprint density at radius 3 is 1.70 bits per heavy atom. The van der Waals surface area contributed by atoms with Crippen molar-refractivity contribution in [2.45, 2.75) is 89.6 Å². The summed E-state index contributed by atoms with van der Waals surface area (Å²) in [7, 11) is -2.76. The molecule has 1 aliphatic rings. The number of ether oxygens (including phenoxy) is 3. The fraction of sp³-hybridized carbons (Fsp3) is 0.533. The molecule has 0 aliphatic carbocycles. The van der Waals surface area contributed by atoms with Crippen molar-refractivity contribution in [1.82, 2.24) is 4.72 Å². The van der Waals surface area contributed by atoms with Gasteiger partial charge in [-0.1, -0.05) is 24.3 Å². The third-order valence-corrected chi connectivity index (χ3v) is 8.20. The van der Waals surface area contributed by atoms with E-state index >= 15 is 0 Å². The van der Waals surface area contributed by atoms with Crippen molar-refractivity contribution in [3.05, 3.63) is 67.1 Å². The van der Waals surface area contributed by atoms with Gasteiger partial charge in [0.15, 0.2) is 0 Å². The van der Waals surface area contributed by atoms with Crippen LogP contribution in [-0.4, -0.2) is 73.1 Å². The second-order valence-electron chi connectivity index (χ2n) is 11.4. The summed E-state index contributed by atoms with van der Waals surface area (Å²) in [5, 5.41) is 0. The van der Waals surface area contributed by atoms with Crippen LogP contribution in [0.15, 0.2) is 52.9 Å². The predicted octanol–water partition coefficient (Wildman–Crippen LogP) is 5.03. The topological polar surface area (TPSA) is 86.2 Å². The Bertz CT molecular complexity index is 1250.